The van der Waals surface area contributed by atoms with Crippen molar-refractivity contribution in [1.29, 1.82) is 0 Å². The first kappa shape index (κ1) is 16.3. The van der Waals surface area contributed by atoms with Crippen molar-refractivity contribution in [3.63, 3.8) is 0 Å². The predicted molar refractivity (Wildman–Crippen MR) is 91.3 cm³/mol. The van der Waals surface area contributed by atoms with E-state index in [4.69, 9.17) is 4.98 Å². The standard InChI is InChI=1S/C16H28N4S/c1-3-4-11-18-16(17-2)19-12-7-10-15-20-13-8-5-6-9-14(13)21-15/h3-12H2,1-2H3,(H2,17,18,19). The Hall–Kier alpha value is -1.10. The number of hydrogen-bond acceptors (Lipinski definition) is 3. The molecule has 0 saturated heterocycles. The van der Waals surface area contributed by atoms with Gasteiger partial charge in [-0.2, -0.15) is 0 Å². The zero-order chi connectivity index (χ0) is 14.9. The molecular weight excluding hydrogens is 280 g/mol. The zero-order valence-corrected chi connectivity index (χ0v) is 14.2. The van der Waals surface area contributed by atoms with E-state index in [0.29, 0.717) is 0 Å². The summed E-state index contributed by atoms with van der Waals surface area (Å²) in [6.07, 6.45) is 9.69. The maximum absolute atomic E-state index is 4.79. The van der Waals surface area contributed by atoms with E-state index in [2.05, 4.69) is 22.5 Å². The number of fused-ring (bicyclic) bond motifs is 1. The van der Waals surface area contributed by atoms with E-state index in [1.807, 2.05) is 18.4 Å². The monoisotopic (exact) mass is 308 g/mol. The third-order valence-corrected chi connectivity index (χ3v) is 5.01. The van der Waals surface area contributed by atoms with Crippen molar-refractivity contribution >= 4 is 17.3 Å². The second kappa shape index (κ2) is 9.03. The summed E-state index contributed by atoms with van der Waals surface area (Å²) in [6.45, 7) is 4.15. The van der Waals surface area contributed by atoms with Gasteiger partial charge >= 0.3 is 0 Å². The van der Waals surface area contributed by atoms with Crippen molar-refractivity contribution in [2.75, 3.05) is 20.1 Å². The van der Waals surface area contributed by atoms with E-state index in [0.717, 1.165) is 31.9 Å². The highest BCUT2D eigenvalue weighted by atomic mass is 32.1. The van der Waals surface area contributed by atoms with Crippen LogP contribution in [0.25, 0.3) is 0 Å². The highest BCUT2D eigenvalue weighted by molar-refractivity contribution is 7.11. The molecule has 0 unspecified atom stereocenters. The van der Waals surface area contributed by atoms with Gasteiger partial charge in [0, 0.05) is 31.4 Å². The first-order valence-corrected chi connectivity index (χ1v) is 9.07. The second-order valence-electron chi connectivity index (χ2n) is 5.57. The summed E-state index contributed by atoms with van der Waals surface area (Å²) in [4.78, 5) is 10.6. The molecule has 5 heteroatoms. The maximum atomic E-state index is 4.79. The van der Waals surface area contributed by atoms with Gasteiger partial charge in [-0.05, 0) is 38.5 Å². The molecule has 0 aliphatic heterocycles. The summed E-state index contributed by atoms with van der Waals surface area (Å²) >= 11 is 1.93. The largest absolute Gasteiger partial charge is 0.356 e. The van der Waals surface area contributed by atoms with E-state index in [1.54, 1.807) is 4.88 Å². The van der Waals surface area contributed by atoms with Crippen LogP contribution in [0.4, 0.5) is 0 Å². The molecule has 0 saturated carbocycles. The number of aliphatic imine (C=N–C) groups is 1. The number of guanidine groups is 1. The molecule has 0 radical (unpaired) electrons. The Morgan fingerprint density at radius 3 is 2.67 bits per heavy atom. The van der Waals surface area contributed by atoms with Gasteiger partial charge in [-0.3, -0.25) is 4.99 Å². The molecule has 1 heterocycles. The fourth-order valence-corrected chi connectivity index (χ4v) is 3.76. The van der Waals surface area contributed by atoms with E-state index in [9.17, 15) is 0 Å². The van der Waals surface area contributed by atoms with Gasteiger partial charge in [0.15, 0.2) is 5.96 Å². The molecule has 2 N–H and O–H groups in total. The highest BCUT2D eigenvalue weighted by Crippen LogP contribution is 2.27. The Kier molecular flexibility index (Phi) is 7.00. The lowest BCUT2D eigenvalue weighted by Gasteiger charge is -2.10. The normalized spacial score (nSPS) is 14.9. The van der Waals surface area contributed by atoms with Gasteiger partial charge in [-0.15, -0.1) is 11.3 Å². The average Bonchev–Trinajstić information content (AvgIpc) is 2.92. The van der Waals surface area contributed by atoms with Crippen molar-refractivity contribution in [1.82, 2.24) is 15.6 Å². The molecule has 0 spiro atoms. The summed E-state index contributed by atoms with van der Waals surface area (Å²) in [5.74, 6) is 0.918. The molecule has 0 aromatic carbocycles. The number of rotatable bonds is 7. The Morgan fingerprint density at radius 2 is 1.95 bits per heavy atom. The summed E-state index contributed by atoms with van der Waals surface area (Å²) in [5, 5.41) is 8.03. The van der Waals surface area contributed by atoms with Crippen molar-refractivity contribution in [2.45, 2.75) is 58.3 Å². The van der Waals surface area contributed by atoms with E-state index in [1.165, 1.54) is 49.2 Å². The Labute approximate surface area is 132 Å². The molecule has 118 valence electrons. The minimum Gasteiger partial charge on any atom is -0.356 e. The molecular formula is C16H28N4S. The molecule has 0 amide bonds. The Bertz CT molecular complexity index is 430. The van der Waals surface area contributed by atoms with E-state index in [-0.39, 0.29) is 0 Å². The highest BCUT2D eigenvalue weighted by Gasteiger charge is 2.14. The molecule has 0 atom stereocenters. The number of nitrogens with one attached hydrogen (secondary N) is 2. The van der Waals surface area contributed by atoms with Gasteiger partial charge < -0.3 is 10.6 Å². The number of hydrogen-bond donors (Lipinski definition) is 2. The van der Waals surface area contributed by atoms with Gasteiger partial charge in [0.25, 0.3) is 0 Å². The lowest BCUT2D eigenvalue weighted by atomic mass is 10.0. The second-order valence-corrected chi connectivity index (χ2v) is 6.74. The topological polar surface area (TPSA) is 49.3 Å². The number of nitrogens with zero attached hydrogens (tertiary/aromatic N) is 2. The van der Waals surface area contributed by atoms with E-state index < -0.39 is 0 Å². The molecule has 0 fully saturated rings. The number of unbranched alkanes of at least 4 members (excludes halogenated alkanes) is 1. The van der Waals surface area contributed by atoms with Gasteiger partial charge in [0.1, 0.15) is 0 Å². The third-order valence-electron chi connectivity index (χ3n) is 3.80. The van der Waals surface area contributed by atoms with Gasteiger partial charge in [-0.1, -0.05) is 13.3 Å². The van der Waals surface area contributed by atoms with E-state index >= 15 is 0 Å². The van der Waals surface area contributed by atoms with Crippen LogP contribution < -0.4 is 10.6 Å². The maximum Gasteiger partial charge on any atom is 0.190 e. The van der Waals surface area contributed by atoms with Crippen LogP contribution in [0.5, 0.6) is 0 Å². The molecule has 1 aromatic heterocycles. The summed E-state index contributed by atoms with van der Waals surface area (Å²) in [6, 6.07) is 0. The minimum absolute atomic E-state index is 0.918. The molecule has 1 aliphatic rings. The van der Waals surface area contributed by atoms with Crippen LogP contribution in [0.15, 0.2) is 4.99 Å². The van der Waals surface area contributed by atoms with Crippen LogP contribution in [-0.4, -0.2) is 31.1 Å². The molecule has 1 aromatic rings. The third kappa shape index (κ3) is 5.30. The molecule has 0 bridgehead atoms. The van der Waals surface area contributed by atoms with Crippen LogP contribution in [-0.2, 0) is 19.3 Å². The zero-order valence-electron chi connectivity index (χ0n) is 13.4. The Balaban J connectivity index is 1.65. The van der Waals surface area contributed by atoms with Crippen LogP contribution in [0.1, 0.15) is 54.6 Å². The van der Waals surface area contributed by atoms with Gasteiger partial charge in [0.05, 0.1) is 10.7 Å². The summed E-state index contributed by atoms with van der Waals surface area (Å²) in [7, 11) is 1.83. The van der Waals surface area contributed by atoms with Gasteiger partial charge in [-0.25, -0.2) is 4.98 Å². The number of thiazole rings is 1. The predicted octanol–water partition coefficient (Wildman–Crippen LogP) is 2.92. The molecule has 2 rings (SSSR count). The van der Waals surface area contributed by atoms with Gasteiger partial charge in [0.2, 0.25) is 0 Å². The van der Waals surface area contributed by atoms with Crippen molar-refractivity contribution in [2.24, 2.45) is 4.99 Å². The van der Waals surface area contributed by atoms with Crippen molar-refractivity contribution in [3.8, 4) is 0 Å². The number of aromatic nitrogens is 1. The first-order valence-electron chi connectivity index (χ1n) is 8.25. The van der Waals surface area contributed by atoms with Crippen LogP contribution in [0, 0.1) is 0 Å². The quantitative estimate of drug-likeness (QED) is 0.462. The first-order chi connectivity index (χ1) is 10.3. The van der Waals surface area contributed by atoms with Crippen molar-refractivity contribution < 1.29 is 0 Å². The molecule has 1 aliphatic carbocycles. The van der Waals surface area contributed by atoms with Crippen LogP contribution in [0.3, 0.4) is 0 Å². The molecule has 4 nitrogen and oxygen atoms in total. The van der Waals surface area contributed by atoms with Crippen LogP contribution in [0.2, 0.25) is 0 Å². The SMILES string of the molecule is CCCCNC(=NC)NCCCc1nc2c(s1)CCCC2. The molecule has 21 heavy (non-hydrogen) atoms. The Morgan fingerprint density at radius 1 is 1.19 bits per heavy atom. The van der Waals surface area contributed by atoms with Crippen molar-refractivity contribution in [3.05, 3.63) is 15.6 Å². The smallest absolute Gasteiger partial charge is 0.190 e. The lowest BCUT2D eigenvalue weighted by Crippen LogP contribution is -2.38. The van der Waals surface area contributed by atoms with Crippen LogP contribution >= 0.6 is 11.3 Å². The number of aryl methyl sites for hydroxylation is 3. The summed E-state index contributed by atoms with van der Waals surface area (Å²) < 4.78 is 0. The minimum atomic E-state index is 0.918. The summed E-state index contributed by atoms with van der Waals surface area (Å²) in [5.41, 5.74) is 1.38. The fraction of sp³-hybridized carbons (Fsp3) is 0.750. The average molecular weight is 308 g/mol. The fourth-order valence-electron chi connectivity index (χ4n) is 2.56. The lowest BCUT2D eigenvalue weighted by molar-refractivity contribution is 0.677.